The fraction of sp³-hybridized carbons (Fsp3) is 0.286. The third kappa shape index (κ3) is 1.84. The summed E-state index contributed by atoms with van der Waals surface area (Å²) < 4.78 is 4.78. The molecule has 0 aliphatic rings. The van der Waals surface area contributed by atoms with E-state index in [4.69, 9.17) is 15.3 Å². The molecule has 0 unspecified atom stereocenters. The van der Waals surface area contributed by atoms with Gasteiger partial charge in [-0.25, -0.2) is 4.79 Å². The van der Waals surface area contributed by atoms with Gasteiger partial charge in [-0.3, -0.25) is 0 Å². The van der Waals surface area contributed by atoms with Crippen molar-refractivity contribution in [2.24, 2.45) is 16.0 Å². The molecule has 1 aromatic rings. The summed E-state index contributed by atoms with van der Waals surface area (Å²) in [5.74, 6) is -0.135. The van der Waals surface area contributed by atoms with Gasteiger partial charge in [0.15, 0.2) is 0 Å². The van der Waals surface area contributed by atoms with E-state index in [2.05, 4.69) is 10.2 Å². The van der Waals surface area contributed by atoms with Crippen molar-refractivity contribution in [1.82, 2.24) is 0 Å². The highest BCUT2D eigenvalue weighted by molar-refractivity contribution is 5.72. The number of nitrogens with zero attached hydrogens (tertiary/aromatic N) is 2. The standard InChI is InChI=1S/C7H9N3O3/c1-3-4(2)6(11)13-5(3)9-10-7(8)12/h11H,1-2H3,(H2,8,12)/b10-9+. The van der Waals surface area contributed by atoms with Gasteiger partial charge in [0.2, 0.25) is 5.88 Å². The van der Waals surface area contributed by atoms with E-state index in [-0.39, 0.29) is 11.8 Å². The number of carbonyl (C=O) groups is 1. The Kier molecular flexibility index (Phi) is 2.32. The normalized spacial score (nSPS) is 10.9. The Hall–Kier alpha value is -1.85. The van der Waals surface area contributed by atoms with Crippen LogP contribution >= 0.6 is 0 Å². The molecule has 0 aromatic carbocycles. The third-order valence-corrected chi connectivity index (χ3v) is 1.64. The first kappa shape index (κ1) is 9.24. The third-order valence-electron chi connectivity index (χ3n) is 1.64. The van der Waals surface area contributed by atoms with E-state index in [0.717, 1.165) is 0 Å². The Morgan fingerprint density at radius 1 is 1.46 bits per heavy atom. The number of primary amides is 1. The average Bonchev–Trinajstić information content (AvgIpc) is 2.29. The molecule has 13 heavy (non-hydrogen) atoms. The monoisotopic (exact) mass is 183 g/mol. The molecule has 2 amide bonds. The molecule has 1 aromatic heterocycles. The lowest BCUT2D eigenvalue weighted by atomic mass is 10.2. The summed E-state index contributed by atoms with van der Waals surface area (Å²) in [6.07, 6.45) is 0. The van der Waals surface area contributed by atoms with Gasteiger partial charge in [0.25, 0.3) is 5.95 Å². The van der Waals surface area contributed by atoms with Crippen molar-refractivity contribution < 1.29 is 14.3 Å². The number of amides is 2. The van der Waals surface area contributed by atoms with Crippen molar-refractivity contribution in [2.45, 2.75) is 13.8 Å². The molecule has 0 fully saturated rings. The van der Waals surface area contributed by atoms with Crippen LogP contribution in [0, 0.1) is 13.8 Å². The van der Waals surface area contributed by atoms with E-state index in [1.165, 1.54) is 0 Å². The average molecular weight is 183 g/mol. The van der Waals surface area contributed by atoms with Crippen molar-refractivity contribution in [3.8, 4) is 5.95 Å². The number of rotatable bonds is 1. The summed E-state index contributed by atoms with van der Waals surface area (Å²) in [5.41, 5.74) is 5.93. The summed E-state index contributed by atoms with van der Waals surface area (Å²) in [5, 5.41) is 15.6. The first-order chi connectivity index (χ1) is 6.02. The smallest absolute Gasteiger partial charge is 0.357 e. The van der Waals surface area contributed by atoms with Crippen LogP contribution in [0.5, 0.6) is 5.95 Å². The van der Waals surface area contributed by atoms with Crippen LogP contribution in [0.3, 0.4) is 0 Å². The first-order valence-corrected chi connectivity index (χ1v) is 3.52. The van der Waals surface area contributed by atoms with E-state index in [1.807, 2.05) is 0 Å². The Morgan fingerprint density at radius 2 is 2.08 bits per heavy atom. The predicted octanol–water partition coefficient (Wildman–Crippen LogP) is 1.76. The minimum Gasteiger partial charge on any atom is -0.480 e. The lowest BCUT2D eigenvalue weighted by Crippen LogP contribution is -2.01. The zero-order valence-corrected chi connectivity index (χ0v) is 7.24. The molecule has 70 valence electrons. The number of furan rings is 1. The Bertz CT molecular complexity index is 367. The van der Waals surface area contributed by atoms with Gasteiger partial charge < -0.3 is 15.3 Å². The number of hydrogen-bond acceptors (Lipinski definition) is 4. The maximum absolute atomic E-state index is 10.2. The summed E-state index contributed by atoms with van der Waals surface area (Å²) in [4.78, 5) is 10.2. The predicted molar refractivity (Wildman–Crippen MR) is 43.9 cm³/mol. The highest BCUT2D eigenvalue weighted by Crippen LogP contribution is 2.32. The summed E-state index contributed by atoms with van der Waals surface area (Å²) >= 11 is 0. The highest BCUT2D eigenvalue weighted by atomic mass is 16.5. The Balaban J connectivity index is 3.03. The largest absolute Gasteiger partial charge is 0.480 e. The Labute approximate surface area is 74.1 Å². The molecule has 6 heteroatoms. The number of carbonyl (C=O) groups excluding carboxylic acids is 1. The second-order valence-electron chi connectivity index (χ2n) is 2.50. The zero-order chi connectivity index (χ0) is 10.0. The second-order valence-corrected chi connectivity index (χ2v) is 2.50. The fourth-order valence-corrected chi connectivity index (χ4v) is 0.756. The number of nitrogens with two attached hydrogens (primary N) is 1. The molecule has 1 rings (SSSR count). The summed E-state index contributed by atoms with van der Waals surface area (Å²) in [6, 6.07) is -0.909. The van der Waals surface area contributed by atoms with Crippen molar-refractivity contribution in [3.05, 3.63) is 11.1 Å². The van der Waals surface area contributed by atoms with E-state index in [0.29, 0.717) is 11.1 Å². The van der Waals surface area contributed by atoms with Gasteiger partial charge >= 0.3 is 6.03 Å². The van der Waals surface area contributed by atoms with Crippen molar-refractivity contribution in [2.75, 3.05) is 0 Å². The molecule has 0 atom stereocenters. The number of urea groups is 1. The molecular weight excluding hydrogens is 174 g/mol. The van der Waals surface area contributed by atoms with Crippen LogP contribution in [0.25, 0.3) is 0 Å². The van der Waals surface area contributed by atoms with E-state index in [9.17, 15) is 4.79 Å². The van der Waals surface area contributed by atoms with Gasteiger partial charge in [0.05, 0.1) is 0 Å². The van der Waals surface area contributed by atoms with Gasteiger partial charge in [0.1, 0.15) is 0 Å². The lowest BCUT2D eigenvalue weighted by Gasteiger charge is -1.85. The first-order valence-electron chi connectivity index (χ1n) is 3.52. The van der Waals surface area contributed by atoms with Crippen molar-refractivity contribution in [1.29, 1.82) is 0 Å². The quantitative estimate of drug-likeness (QED) is 0.648. The molecule has 0 spiro atoms. The maximum Gasteiger partial charge on any atom is 0.357 e. The van der Waals surface area contributed by atoms with Crippen LogP contribution in [-0.2, 0) is 0 Å². The lowest BCUT2D eigenvalue weighted by molar-refractivity contribution is 0.255. The van der Waals surface area contributed by atoms with Crippen LogP contribution in [0.1, 0.15) is 11.1 Å². The van der Waals surface area contributed by atoms with Crippen LogP contribution in [0.15, 0.2) is 14.6 Å². The molecule has 3 N–H and O–H groups in total. The van der Waals surface area contributed by atoms with Crippen molar-refractivity contribution >= 4 is 11.9 Å². The fourth-order valence-electron chi connectivity index (χ4n) is 0.756. The van der Waals surface area contributed by atoms with E-state index < -0.39 is 6.03 Å². The van der Waals surface area contributed by atoms with Crippen molar-refractivity contribution in [3.63, 3.8) is 0 Å². The van der Waals surface area contributed by atoms with Gasteiger partial charge in [0, 0.05) is 11.1 Å². The topological polar surface area (TPSA) is 101 Å². The molecule has 0 radical (unpaired) electrons. The molecule has 1 heterocycles. The molecule has 0 aliphatic heterocycles. The maximum atomic E-state index is 10.2. The van der Waals surface area contributed by atoms with Gasteiger partial charge in [-0.1, -0.05) is 5.11 Å². The number of azo groups is 1. The van der Waals surface area contributed by atoms with Gasteiger partial charge in [-0.15, -0.1) is 5.11 Å². The van der Waals surface area contributed by atoms with E-state index in [1.54, 1.807) is 13.8 Å². The number of hydrogen-bond donors (Lipinski definition) is 2. The molecule has 0 bridgehead atoms. The van der Waals surface area contributed by atoms with Crippen LogP contribution in [0.4, 0.5) is 10.7 Å². The molecule has 6 nitrogen and oxygen atoms in total. The molecule has 0 saturated heterocycles. The minimum atomic E-state index is -0.909. The van der Waals surface area contributed by atoms with E-state index >= 15 is 0 Å². The zero-order valence-electron chi connectivity index (χ0n) is 7.24. The molecular formula is C7H9N3O3. The van der Waals surface area contributed by atoms with Crippen LogP contribution < -0.4 is 5.73 Å². The molecule has 0 saturated carbocycles. The summed E-state index contributed by atoms with van der Waals surface area (Å²) in [7, 11) is 0. The van der Waals surface area contributed by atoms with Gasteiger partial charge in [-0.05, 0) is 13.8 Å². The minimum absolute atomic E-state index is 0.0915. The second kappa shape index (κ2) is 3.26. The van der Waals surface area contributed by atoms with Crippen LogP contribution in [0.2, 0.25) is 0 Å². The number of aromatic hydroxyl groups is 1. The summed E-state index contributed by atoms with van der Waals surface area (Å²) in [6.45, 7) is 3.35. The highest BCUT2D eigenvalue weighted by Gasteiger charge is 2.11. The SMILES string of the molecule is Cc1c(O)oc(/N=N/C(N)=O)c1C. The Morgan fingerprint density at radius 3 is 2.46 bits per heavy atom. The molecule has 0 aliphatic carbocycles. The van der Waals surface area contributed by atoms with Crippen LogP contribution in [-0.4, -0.2) is 11.1 Å². The van der Waals surface area contributed by atoms with Gasteiger partial charge in [-0.2, -0.15) is 0 Å².